The summed E-state index contributed by atoms with van der Waals surface area (Å²) >= 11 is 0. The highest BCUT2D eigenvalue weighted by Crippen LogP contribution is 2.19. The molecule has 0 aliphatic carbocycles. The summed E-state index contributed by atoms with van der Waals surface area (Å²) in [6.45, 7) is 5.53. The van der Waals surface area contributed by atoms with E-state index in [1.807, 2.05) is 0 Å². The van der Waals surface area contributed by atoms with E-state index in [9.17, 15) is 0 Å². The molecule has 2 atom stereocenters. The minimum atomic E-state index is 0.551. The van der Waals surface area contributed by atoms with Gasteiger partial charge in [0.15, 0.2) is 0 Å². The van der Waals surface area contributed by atoms with Crippen LogP contribution >= 0.6 is 0 Å². The van der Waals surface area contributed by atoms with E-state index in [4.69, 9.17) is 4.74 Å². The molecular formula is C11H23NO. The number of ether oxygens (including phenoxy) is 1. The molecule has 1 rings (SSSR count). The minimum Gasteiger partial charge on any atom is -0.378 e. The van der Waals surface area contributed by atoms with Crippen LogP contribution in [0.1, 0.15) is 39.5 Å². The molecule has 2 unspecified atom stereocenters. The predicted octanol–water partition coefficient (Wildman–Crippen LogP) is 2.19. The molecule has 1 aliphatic heterocycles. The third-order valence-electron chi connectivity index (χ3n) is 3.00. The van der Waals surface area contributed by atoms with Crippen LogP contribution in [-0.2, 0) is 4.74 Å². The molecule has 13 heavy (non-hydrogen) atoms. The lowest BCUT2D eigenvalue weighted by Crippen LogP contribution is -2.31. The smallest absolute Gasteiger partial charge is 0.0576 e. The molecule has 0 amide bonds. The monoisotopic (exact) mass is 185 g/mol. The van der Waals surface area contributed by atoms with Crippen LogP contribution in [0.15, 0.2) is 0 Å². The number of rotatable bonds is 5. The van der Waals surface area contributed by atoms with Crippen molar-refractivity contribution in [2.45, 2.75) is 51.7 Å². The lowest BCUT2D eigenvalue weighted by atomic mass is 9.97. The molecule has 78 valence electrons. The van der Waals surface area contributed by atoms with E-state index in [0.717, 1.165) is 12.5 Å². The van der Waals surface area contributed by atoms with Gasteiger partial charge in [-0.15, -0.1) is 0 Å². The van der Waals surface area contributed by atoms with Crippen LogP contribution in [0.4, 0.5) is 0 Å². The van der Waals surface area contributed by atoms with Crippen molar-refractivity contribution < 1.29 is 4.74 Å². The molecule has 2 heteroatoms. The van der Waals surface area contributed by atoms with E-state index in [2.05, 4.69) is 26.2 Å². The van der Waals surface area contributed by atoms with Crippen molar-refractivity contribution >= 4 is 0 Å². The molecule has 1 aliphatic rings. The Labute approximate surface area is 82.0 Å². The Morgan fingerprint density at radius 2 is 2.23 bits per heavy atom. The third-order valence-corrected chi connectivity index (χ3v) is 3.00. The molecule has 1 saturated heterocycles. The Hall–Kier alpha value is -0.0800. The fourth-order valence-corrected chi connectivity index (χ4v) is 2.05. The van der Waals surface area contributed by atoms with E-state index in [1.165, 1.54) is 25.7 Å². The van der Waals surface area contributed by atoms with Gasteiger partial charge in [-0.05, 0) is 38.6 Å². The molecule has 0 radical (unpaired) electrons. The minimum absolute atomic E-state index is 0.551. The summed E-state index contributed by atoms with van der Waals surface area (Å²) in [5.41, 5.74) is 0. The van der Waals surface area contributed by atoms with E-state index < -0.39 is 0 Å². The van der Waals surface area contributed by atoms with Crippen LogP contribution < -0.4 is 5.32 Å². The van der Waals surface area contributed by atoms with E-state index in [1.54, 1.807) is 0 Å². The van der Waals surface area contributed by atoms with Gasteiger partial charge in [-0.3, -0.25) is 0 Å². The normalized spacial score (nSPS) is 25.4. The second-order valence-electron chi connectivity index (χ2n) is 4.35. The fraction of sp³-hybridized carbons (Fsp3) is 1.00. The van der Waals surface area contributed by atoms with Crippen molar-refractivity contribution in [3.8, 4) is 0 Å². The van der Waals surface area contributed by atoms with Crippen molar-refractivity contribution in [2.75, 3.05) is 13.7 Å². The highest BCUT2D eigenvalue weighted by Gasteiger charge is 2.18. The van der Waals surface area contributed by atoms with Gasteiger partial charge in [0.2, 0.25) is 0 Å². The van der Waals surface area contributed by atoms with Crippen LogP contribution in [0, 0.1) is 5.92 Å². The van der Waals surface area contributed by atoms with Gasteiger partial charge in [-0.25, -0.2) is 0 Å². The molecule has 0 bridgehead atoms. The Kier molecular flexibility index (Phi) is 4.74. The predicted molar refractivity (Wildman–Crippen MR) is 55.9 cm³/mol. The Morgan fingerprint density at radius 1 is 1.46 bits per heavy atom. The second-order valence-corrected chi connectivity index (χ2v) is 4.35. The molecule has 2 nitrogen and oxygen atoms in total. The largest absolute Gasteiger partial charge is 0.378 e. The fourth-order valence-electron chi connectivity index (χ4n) is 2.05. The molecule has 1 N–H and O–H groups in total. The van der Waals surface area contributed by atoms with Gasteiger partial charge in [-0.2, -0.15) is 0 Å². The first-order valence-corrected chi connectivity index (χ1v) is 5.53. The quantitative estimate of drug-likeness (QED) is 0.709. The molecular weight excluding hydrogens is 162 g/mol. The van der Waals surface area contributed by atoms with Crippen LogP contribution in [-0.4, -0.2) is 25.8 Å². The molecule has 0 aromatic rings. The summed E-state index contributed by atoms with van der Waals surface area (Å²) in [4.78, 5) is 0. The summed E-state index contributed by atoms with van der Waals surface area (Å²) in [5, 5.41) is 3.37. The molecule has 0 aromatic carbocycles. The van der Waals surface area contributed by atoms with Crippen molar-refractivity contribution in [2.24, 2.45) is 5.92 Å². The molecule has 0 spiro atoms. The lowest BCUT2D eigenvalue weighted by molar-refractivity contribution is 0.0982. The summed E-state index contributed by atoms with van der Waals surface area (Å²) in [5.74, 6) is 0.728. The summed E-state index contributed by atoms with van der Waals surface area (Å²) in [6.07, 6.45) is 5.56. The van der Waals surface area contributed by atoms with Gasteiger partial charge in [0.05, 0.1) is 6.10 Å². The average Bonchev–Trinajstić information content (AvgIpc) is 2.57. The Bertz CT molecular complexity index is 130. The second kappa shape index (κ2) is 5.61. The van der Waals surface area contributed by atoms with Gasteiger partial charge in [0.1, 0.15) is 0 Å². The van der Waals surface area contributed by atoms with Crippen LogP contribution in [0.5, 0.6) is 0 Å². The average molecular weight is 185 g/mol. The highest BCUT2D eigenvalue weighted by molar-refractivity contribution is 4.72. The van der Waals surface area contributed by atoms with Gasteiger partial charge < -0.3 is 10.1 Å². The Morgan fingerprint density at radius 3 is 2.69 bits per heavy atom. The first-order chi connectivity index (χ1) is 6.24. The number of nitrogens with one attached hydrogen (secondary N) is 1. The van der Waals surface area contributed by atoms with Crippen molar-refractivity contribution in [3.05, 3.63) is 0 Å². The van der Waals surface area contributed by atoms with Crippen molar-refractivity contribution in [3.63, 3.8) is 0 Å². The molecule has 0 saturated carbocycles. The number of hydrogen-bond donors (Lipinski definition) is 1. The van der Waals surface area contributed by atoms with Crippen molar-refractivity contribution in [1.29, 1.82) is 0 Å². The first kappa shape index (κ1) is 11.0. The lowest BCUT2D eigenvalue weighted by Gasteiger charge is -2.21. The maximum absolute atomic E-state index is 5.60. The van der Waals surface area contributed by atoms with E-state index >= 15 is 0 Å². The van der Waals surface area contributed by atoms with Gasteiger partial charge >= 0.3 is 0 Å². The van der Waals surface area contributed by atoms with Crippen molar-refractivity contribution in [1.82, 2.24) is 5.32 Å². The molecule has 0 aromatic heterocycles. The SMILES string of the molecule is CNC(CCC1CCCO1)C(C)C. The van der Waals surface area contributed by atoms with E-state index in [-0.39, 0.29) is 0 Å². The van der Waals surface area contributed by atoms with Crippen LogP contribution in [0.2, 0.25) is 0 Å². The first-order valence-electron chi connectivity index (χ1n) is 5.53. The zero-order valence-electron chi connectivity index (χ0n) is 9.18. The van der Waals surface area contributed by atoms with Gasteiger partial charge in [0, 0.05) is 12.6 Å². The maximum atomic E-state index is 5.60. The zero-order valence-corrected chi connectivity index (χ0v) is 9.18. The van der Waals surface area contributed by atoms with Gasteiger partial charge in [0.25, 0.3) is 0 Å². The number of hydrogen-bond acceptors (Lipinski definition) is 2. The maximum Gasteiger partial charge on any atom is 0.0576 e. The third kappa shape index (κ3) is 3.65. The van der Waals surface area contributed by atoms with Crippen LogP contribution in [0.25, 0.3) is 0 Å². The zero-order chi connectivity index (χ0) is 9.68. The van der Waals surface area contributed by atoms with Crippen LogP contribution in [0.3, 0.4) is 0 Å². The topological polar surface area (TPSA) is 21.3 Å². The van der Waals surface area contributed by atoms with E-state index in [0.29, 0.717) is 12.1 Å². The van der Waals surface area contributed by atoms with Gasteiger partial charge in [-0.1, -0.05) is 13.8 Å². The standard InChI is InChI=1S/C11H23NO/c1-9(2)11(12-3)7-6-10-5-4-8-13-10/h9-12H,4-8H2,1-3H3. The molecule has 1 fully saturated rings. The summed E-state index contributed by atoms with van der Waals surface area (Å²) in [6, 6.07) is 0.657. The summed E-state index contributed by atoms with van der Waals surface area (Å²) < 4.78 is 5.60. The summed E-state index contributed by atoms with van der Waals surface area (Å²) in [7, 11) is 2.06. The molecule has 1 heterocycles. The Balaban J connectivity index is 2.15. The highest BCUT2D eigenvalue weighted by atomic mass is 16.5.